The summed E-state index contributed by atoms with van der Waals surface area (Å²) in [6.07, 6.45) is 5.69. The number of piperazine rings is 1. The van der Waals surface area contributed by atoms with Gasteiger partial charge in [0.15, 0.2) is 11.6 Å². The maximum Gasteiger partial charge on any atom is 0.317 e. The van der Waals surface area contributed by atoms with Crippen LogP contribution in [0.4, 0.5) is 9.18 Å². The minimum Gasteiger partial charge on any atom is -0.494 e. The Hall–Kier alpha value is -2.31. The van der Waals surface area contributed by atoms with E-state index in [1.165, 1.54) is 38.5 Å². The molecule has 3 amide bonds. The van der Waals surface area contributed by atoms with Gasteiger partial charge < -0.3 is 19.9 Å². The van der Waals surface area contributed by atoms with Gasteiger partial charge in [-0.1, -0.05) is 19.3 Å². The molecule has 0 radical (unpaired) electrons. The van der Waals surface area contributed by atoms with Gasteiger partial charge in [0, 0.05) is 37.8 Å². The van der Waals surface area contributed by atoms with E-state index in [1.807, 2.05) is 0 Å². The summed E-state index contributed by atoms with van der Waals surface area (Å²) in [5.41, 5.74) is 0.295. The predicted octanol–water partition coefficient (Wildman–Crippen LogP) is 2.63. The van der Waals surface area contributed by atoms with Crippen LogP contribution in [0.5, 0.6) is 5.75 Å². The molecule has 2 aliphatic rings. The molecule has 1 aromatic rings. The highest BCUT2D eigenvalue weighted by atomic mass is 19.1. The van der Waals surface area contributed by atoms with E-state index in [9.17, 15) is 14.0 Å². The highest BCUT2D eigenvalue weighted by Gasteiger charge is 2.26. The fraction of sp³-hybridized carbons (Fsp3) is 0.579. The first-order valence-electron chi connectivity index (χ1n) is 9.26. The standard InChI is InChI=1S/C19H26FN3O3/c1-26-17-8-7-14(13-16(17)20)18(24)22-9-11-23(12-10-22)19(25)21-15-5-3-2-4-6-15/h7-8,13,15H,2-6,9-12H2,1H3,(H,21,25). The Bertz CT molecular complexity index is 653. The first-order chi connectivity index (χ1) is 12.6. The lowest BCUT2D eigenvalue weighted by atomic mass is 9.96. The van der Waals surface area contributed by atoms with Crippen molar-refractivity contribution in [2.24, 2.45) is 0 Å². The molecule has 1 N–H and O–H groups in total. The van der Waals surface area contributed by atoms with Crippen molar-refractivity contribution in [2.75, 3.05) is 33.3 Å². The van der Waals surface area contributed by atoms with Crippen LogP contribution in [0, 0.1) is 5.82 Å². The monoisotopic (exact) mass is 363 g/mol. The van der Waals surface area contributed by atoms with Gasteiger partial charge in [-0.25, -0.2) is 9.18 Å². The van der Waals surface area contributed by atoms with Gasteiger partial charge in [-0.2, -0.15) is 0 Å². The van der Waals surface area contributed by atoms with Gasteiger partial charge in [-0.3, -0.25) is 4.79 Å². The summed E-state index contributed by atoms with van der Waals surface area (Å²) in [5, 5.41) is 3.10. The molecule has 1 aromatic carbocycles. The number of carbonyl (C=O) groups excluding carboxylic acids is 2. The minimum atomic E-state index is -0.552. The zero-order valence-electron chi connectivity index (χ0n) is 15.2. The quantitative estimate of drug-likeness (QED) is 0.898. The Morgan fingerprint density at radius 2 is 1.73 bits per heavy atom. The fourth-order valence-electron chi connectivity index (χ4n) is 3.61. The minimum absolute atomic E-state index is 0.0421. The molecule has 6 nitrogen and oxygen atoms in total. The predicted molar refractivity (Wildman–Crippen MR) is 95.8 cm³/mol. The molecule has 142 valence electrons. The van der Waals surface area contributed by atoms with Crippen LogP contribution in [-0.2, 0) is 0 Å². The highest BCUT2D eigenvalue weighted by Crippen LogP contribution is 2.20. The van der Waals surface area contributed by atoms with E-state index >= 15 is 0 Å². The number of halogens is 1. The molecule has 0 unspecified atom stereocenters. The van der Waals surface area contributed by atoms with E-state index in [4.69, 9.17) is 4.74 Å². The van der Waals surface area contributed by atoms with Crippen molar-refractivity contribution in [3.63, 3.8) is 0 Å². The summed E-state index contributed by atoms with van der Waals surface area (Å²) in [6, 6.07) is 4.45. The highest BCUT2D eigenvalue weighted by molar-refractivity contribution is 5.94. The Morgan fingerprint density at radius 3 is 2.35 bits per heavy atom. The molecule has 7 heteroatoms. The van der Waals surface area contributed by atoms with Crippen molar-refractivity contribution in [3.05, 3.63) is 29.6 Å². The molecule has 26 heavy (non-hydrogen) atoms. The number of urea groups is 1. The van der Waals surface area contributed by atoms with Crippen molar-refractivity contribution in [3.8, 4) is 5.75 Å². The van der Waals surface area contributed by atoms with Gasteiger partial charge in [-0.05, 0) is 31.0 Å². The number of ether oxygens (including phenoxy) is 1. The summed E-state index contributed by atoms with van der Waals surface area (Å²) >= 11 is 0. The first-order valence-corrected chi connectivity index (χ1v) is 9.26. The van der Waals surface area contributed by atoms with Gasteiger partial charge in [0.25, 0.3) is 5.91 Å². The van der Waals surface area contributed by atoms with E-state index < -0.39 is 5.82 Å². The second-order valence-electron chi connectivity index (χ2n) is 6.91. The Labute approximate surface area is 153 Å². The maximum absolute atomic E-state index is 13.8. The Balaban J connectivity index is 1.52. The first kappa shape index (κ1) is 18.5. The van der Waals surface area contributed by atoms with Crippen molar-refractivity contribution in [1.82, 2.24) is 15.1 Å². The number of rotatable bonds is 3. The second kappa shape index (κ2) is 8.38. The van der Waals surface area contributed by atoms with E-state index in [0.717, 1.165) is 12.8 Å². The fourth-order valence-corrected chi connectivity index (χ4v) is 3.61. The molecular weight excluding hydrogens is 337 g/mol. The Kier molecular flexibility index (Phi) is 5.96. The maximum atomic E-state index is 13.8. The second-order valence-corrected chi connectivity index (χ2v) is 6.91. The lowest BCUT2D eigenvalue weighted by molar-refractivity contribution is 0.0662. The van der Waals surface area contributed by atoms with Crippen molar-refractivity contribution in [1.29, 1.82) is 0 Å². The van der Waals surface area contributed by atoms with Crippen LogP contribution in [0.25, 0.3) is 0 Å². The lowest BCUT2D eigenvalue weighted by Crippen LogP contribution is -2.54. The molecule has 1 saturated heterocycles. The molecule has 0 bridgehead atoms. The average molecular weight is 363 g/mol. The molecule has 1 aliphatic heterocycles. The molecule has 3 rings (SSSR count). The zero-order valence-corrected chi connectivity index (χ0v) is 15.2. The third-order valence-electron chi connectivity index (χ3n) is 5.19. The van der Waals surface area contributed by atoms with Crippen LogP contribution in [0.2, 0.25) is 0 Å². The summed E-state index contributed by atoms with van der Waals surface area (Å²) in [6.45, 7) is 1.88. The Morgan fingerprint density at radius 1 is 1.08 bits per heavy atom. The number of amides is 3. The number of carbonyl (C=O) groups is 2. The van der Waals surface area contributed by atoms with Crippen LogP contribution in [0.3, 0.4) is 0 Å². The van der Waals surface area contributed by atoms with E-state index in [1.54, 1.807) is 15.9 Å². The van der Waals surface area contributed by atoms with E-state index in [0.29, 0.717) is 31.7 Å². The summed E-state index contributed by atoms with van der Waals surface area (Å²) in [4.78, 5) is 28.3. The van der Waals surface area contributed by atoms with Gasteiger partial charge in [-0.15, -0.1) is 0 Å². The van der Waals surface area contributed by atoms with Gasteiger partial charge >= 0.3 is 6.03 Å². The summed E-state index contributed by atoms with van der Waals surface area (Å²) in [7, 11) is 1.39. The third kappa shape index (κ3) is 4.26. The van der Waals surface area contributed by atoms with E-state index in [-0.39, 0.29) is 23.7 Å². The normalized spacial score (nSPS) is 18.5. The molecule has 2 fully saturated rings. The number of hydrogen-bond donors (Lipinski definition) is 1. The molecule has 1 heterocycles. The summed E-state index contributed by atoms with van der Waals surface area (Å²) < 4.78 is 18.7. The number of methoxy groups -OCH3 is 1. The topological polar surface area (TPSA) is 61.9 Å². The molecule has 1 saturated carbocycles. The smallest absolute Gasteiger partial charge is 0.317 e. The molecule has 0 atom stereocenters. The number of nitrogens with one attached hydrogen (secondary N) is 1. The van der Waals surface area contributed by atoms with Crippen LogP contribution in [-0.4, -0.2) is 61.1 Å². The van der Waals surface area contributed by atoms with Crippen LogP contribution >= 0.6 is 0 Å². The van der Waals surface area contributed by atoms with Crippen molar-refractivity contribution < 1.29 is 18.7 Å². The number of benzene rings is 1. The number of nitrogens with zero attached hydrogens (tertiary/aromatic N) is 2. The van der Waals surface area contributed by atoms with Crippen LogP contribution in [0.15, 0.2) is 18.2 Å². The van der Waals surface area contributed by atoms with Crippen molar-refractivity contribution in [2.45, 2.75) is 38.1 Å². The van der Waals surface area contributed by atoms with E-state index in [2.05, 4.69) is 5.32 Å². The van der Waals surface area contributed by atoms with Crippen molar-refractivity contribution >= 4 is 11.9 Å². The van der Waals surface area contributed by atoms with Gasteiger partial charge in [0.05, 0.1) is 7.11 Å². The van der Waals surface area contributed by atoms with Crippen LogP contribution < -0.4 is 10.1 Å². The average Bonchev–Trinajstić information content (AvgIpc) is 2.68. The van der Waals surface area contributed by atoms with Gasteiger partial charge in [0.2, 0.25) is 0 Å². The SMILES string of the molecule is COc1ccc(C(=O)N2CCN(C(=O)NC3CCCCC3)CC2)cc1F. The molecule has 0 aromatic heterocycles. The van der Waals surface area contributed by atoms with Gasteiger partial charge in [0.1, 0.15) is 0 Å². The lowest BCUT2D eigenvalue weighted by Gasteiger charge is -2.36. The van der Waals surface area contributed by atoms with Crippen LogP contribution in [0.1, 0.15) is 42.5 Å². The largest absolute Gasteiger partial charge is 0.494 e. The number of hydrogen-bond acceptors (Lipinski definition) is 3. The summed E-state index contributed by atoms with van der Waals surface area (Å²) in [5.74, 6) is -0.659. The molecule has 0 spiro atoms. The molecule has 1 aliphatic carbocycles. The third-order valence-corrected chi connectivity index (χ3v) is 5.19. The zero-order chi connectivity index (χ0) is 18.5. The molecular formula is C19H26FN3O3.